The zero-order valence-electron chi connectivity index (χ0n) is 13.3. The molecule has 1 aromatic rings. The lowest BCUT2D eigenvalue weighted by Crippen LogP contribution is -2.44. The first-order chi connectivity index (χ1) is 9.50. The number of rotatable bonds is 5. The number of nitrogens with zero attached hydrogens (tertiary/aromatic N) is 1. The highest BCUT2D eigenvalue weighted by Crippen LogP contribution is 2.30. The Morgan fingerprint density at radius 1 is 1.40 bits per heavy atom. The number of thioether (sulfide) groups is 1. The summed E-state index contributed by atoms with van der Waals surface area (Å²) in [5, 5.41) is 3.47. The van der Waals surface area contributed by atoms with Gasteiger partial charge in [-0.3, -0.25) is 0 Å². The Morgan fingerprint density at radius 3 is 2.85 bits per heavy atom. The van der Waals surface area contributed by atoms with Gasteiger partial charge in [-0.05, 0) is 39.8 Å². The van der Waals surface area contributed by atoms with E-state index in [1.54, 1.807) is 0 Å². The summed E-state index contributed by atoms with van der Waals surface area (Å²) in [6.45, 7) is 10.5. The Balaban J connectivity index is 1.91. The molecule has 1 unspecified atom stereocenters. The molecule has 1 aliphatic rings. The van der Waals surface area contributed by atoms with Gasteiger partial charge in [0, 0.05) is 36.2 Å². The molecule has 1 aliphatic heterocycles. The molecule has 0 amide bonds. The van der Waals surface area contributed by atoms with Crippen molar-refractivity contribution in [2.75, 3.05) is 32.4 Å². The van der Waals surface area contributed by atoms with Gasteiger partial charge in [0.15, 0.2) is 0 Å². The van der Waals surface area contributed by atoms with Crippen molar-refractivity contribution in [3.63, 3.8) is 0 Å². The zero-order valence-corrected chi connectivity index (χ0v) is 14.1. The summed E-state index contributed by atoms with van der Waals surface area (Å²) >= 11 is 2.11. The molecule has 0 saturated carbocycles. The summed E-state index contributed by atoms with van der Waals surface area (Å²) in [4.78, 5) is 2.62. The minimum absolute atomic E-state index is 0.413. The molecule has 0 aliphatic carbocycles. The second-order valence-electron chi connectivity index (χ2n) is 6.43. The number of benzene rings is 1. The van der Waals surface area contributed by atoms with Crippen LogP contribution in [0.15, 0.2) is 24.3 Å². The summed E-state index contributed by atoms with van der Waals surface area (Å²) in [5.74, 6) is 1.27. The van der Waals surface area contributed by atoms with Crippen LogP contribution in [0.4, 0.5) is 0 Å². The van der Waals surface area contributed by atoms with Crippen LogP contribution in [0.5, 0.6) is 0 Å². The fraction of sp³-hybridized carbons (Fsp3) is 0.647. The van der Waals surface area contributed by atoms with E-state index in [0.29, 0.717) is 10.8 Å². The van der Waals surface area contributed by atoms with E-state index >= 15 is 0 Å². The van der Waals surface area contributed by atoms with Gasteiger partial charge in [-0.1, -0.05) is 29.8 Å². The van der Waals surface area contributed by atoms with Crippen LogP contribution < -0.4 is 5.32 Å². The quantitative estimate of drug-likeness (QED) is 0.894. The molecule has 112 valence electrons. The summed E-state index contributed by atoms with van der Waals surface area (Å²) < 4.78 is 0.413. The third kappa shape index (κ3) is 4.51. The average Bonchev–Trinajstić information content (AvgIpc) is 2.38. The van der Waals surface area contributed by atoms with Gasteiger partial charge in [0.1, 0.15) is 0 Å². The molecule has 0 spiro atoms. The minimum Gasteiger partial charge on any atom is -0.313 e. The molecule has 0 radical (unpaired) electrons. The van der Waals surface area contributed by atoms with Crippen LogP contribution in [-0.2, 0) is 0 Å². The van der Waals surface area contributed by atoms with Gasteiger partial charge in [0.25, 0.3) is 0 Å². The first-order valence-electron chi connectivity index (χ1n) is 7.60. The van der Waals surface area contributed by atoms with E-state index in [4.69, 9.17) is 0 Å². The highest BCUT2D eigenvalue weighted by Gasteiger charge is 2.27. The third-order valence-electron chi connectivity index (χ3n) is 4.03. The normalized spacial score (nSPS) is 20.8. The Labute approximate surface area is 128 Å². The van der Waals surface area contributed by atoms with Crippen LogP contribution in [0.2, 0.25) is 0 Å². The van der Waals surface area contributed by atoms with Crippen molar-refractivity contribution in [2.24, 2.45) is 0 Å². The van der Waals surface area contributed by atoms with Crippen LogP contribution in [0.3, 0.4) is 0 Å². The van der Waals surface area contributed by atoms with Crippen molar-refractivity contribution in [3.8, 4) is 0 Å². The Hall–Kier alpha value is -0.510. The Bertz CT molecular complexity index is 431. The Kier molecular flexibility index (Phi) is 5.53. The van der Waals surface area contributed by atoms with Crippen LogP contribution in [0, 0.1) is 6.92 Å². The van der Waals surface area contributed by atoms with E-state index in [1.807, 2.05) is 0 Å². The van der Waals surface area contributed by atoms with Crippen LogP contribution >= 0.6 is 11.8 Å². The summed E-state index contributed by atoms with van der Waals surface area (Å²) in [6, 6.07) is 9.34. The van der Waals surface area contributed by atoms with E-state index in [9.17, 15) is 0 Å². The fourth-order valence-electron chi connectivity index (χ4n) is 2.98. The molecule has 3 heteroatoms. The van der Waals surface area contributed by atoms with Gasteiger partial charge in [0.05, 0.1) is 0 Å². The lowest BCUT2D eigenvalue weighted by Gasteiger charge is -2.38. The standard InChI is InChI=1S/C17H28N2S/c1-14-6-5-7-15(12-14)16(18-4)8-9-19-10-11-20-17(2,3)13-19/h5-7,12,16,18H,8-11,13H2,1-4H3. The molecule has 2 rings (SSSR count). The van der Waals surface area contributed by atoms with Gasteiger partial charge < -0.3 is 10.2 Å². The maximum absolute atomic E-state index is 3.47. The third-order valence-corrected chi connectivity index (χ3v) is 5.33. The molecule has 1 N–H and O–H groups in total. The van der Waals surface area contributed by atoms with Crippen molar-refractivity contribution < 1.29 is 0 Å². The van der Waals surface area contributed by atoms with Crippen LogP contribution in [-0.4, -0.2) is 42.1 Å². The topological polar surface area (TPSA) is 15.3 Å². The SMILES string of the molecule is CNC(CCN1CCSC(C)(C)C1)c1cccc(C)c1. The number of hydrogen-bond acceptors (Lipinski definition) is 3. The lowest BCUT2D eigenvalue weighted by atomic mass is 10.0. The zero-order chi connectivity index (χ0) is 14.6. The van der Waals surface area contributed by atoms with Gasteiger partial charge in [0.2, 0.25) is 0 Å². The molecule has 1 saturated heterocycles. The highest BCUT2D eigenvalue weighted by atomic mass is 32.2. The molecule has 0 bridgehead atoms. The average molecular weight is 292 g/mol. The molecule has 1 fully saturated rings. The van der Waals surface area contributed by atoms with E-state index in [2.05, 4.69) is 74.1 Å². The number of hydrogen-bond donors (Lipinski definition) is 1. The van der Waals surface area contributed by atoms with Crippen molar-refractivity contribution in [3.05, 3.63) is 35.4 Å². The maximum atomic E-state index is 3.47. The van der Waals surface area contributed by atoms with Gasteiger partial charge in [-0.15, -0.1) is 0 Å². The predicted molar refractivity (Wildman–Crippen MR) is 90.6 cm³/mol. The smallest absolute Gasteiger partial charge is 0.0329 e. The minimum atomic E-state index is 0.413. The van der Waals surface area contributed by atoms with Crippen molar-refractivity contribution >= 4 is 11.8 Å². The summed E-state index contributed by atoms with van der Waals surface area (Å²) in [6.07, 6.45) is 1.18. The molecule has 1 heterocycles. The van der Waals surface area contributed by atoms with Crippen LogP contribution in [0.1, 0.15) is 37.4 Å². The lowest BCUT2D eigenvalue weighted by molar-refractivity contribution is 0.247. The molecule has 20 heavy (non-hydrogen) atoms. The van der Waals surface area contributed by atoms with Gasteiger partial charge in [-0.2, -0.15) is 11.8 Å². The summed E-state index contributed by atoms with van der Waals surface area (Å²) in [5.41, 5.74) is 2.76. The van der Waals surface area contributed by atoms with Gasteiger partial charge >= 0.3 is 0 Å². The first kappa shape index (κ1) is 15.9. The number of nitrogens with one attached hydrogen (secondary N) is 1. The number of aryl methyl sites for hydroxylation is 1. The molecule has 1 aromatic carbocycles. The van der Waals surface area contributed by atoms with Gasteiger partial charge in [-0.25, -0.2) is 0 Å². The maximum Gasteiger partial charge on any atom is 0.0329 e. The molecular weight excluding hydrogens is 264 g/mol. The molecule has 1 atom stereocenters. The van der Waals surface area contributed by atoms with Crippen molar-refractivity contribution in [1.29, 1.82) is 0 Å². The monoisotopic (exact) mass is 292 g/mol. The molecule has 2 nitrogen and oxygen atoms in total. The largest absolute Gasteiger partial charge is 0.313 e. The first-order valence-corrected chi connectivity index (χ1v) is 8.59. The Morgan fingerprint density at radius 2 is 2.20 bits per heavy atom. The van der Waals surface area contributed by atoms with E-state index < -0.39 is 0 Å². The molecular formula is C17H28N2S. The van der Waals surface area contributed by atoms with E-state index in [0.717, 1.165) is 0 Å². The fourth-order valence-corrected chi connectivity index (χ4v) is 4.16. The van der Waals surface area contributed by atoms with Crippen molar-refractivity contribution in [2.45, 2.75) is 38.0 Å². The van der Waals surface area contributed by atoms with Crippen LogP contribution in [0.25, 0.3) is 0 Å². The second kappa shape index (κ2) is 6.97. The van der Waals surface area contributed by atoms with E-state index in [-0.39, 0.29) is 0 Å². The van der Waals surface area contributed by atoms with E-state index in [1.165, 1.54) is 42.9 Å². The van der Waals surface area contributed by atoms with Crippen molar-refractivity contribution in [1.82, 2.24) is 10.2 Å². The predicted octanol–water partition coefficient (Wildman–Crippen LogP) is 3.47. The highest BCUT2D eigenvalue weighted by molar-refractivity contribution is 8.00. The summed E-state index contributed by atoms with van der Waals surface area (Å²) in [7, 11) is 2.07. The molecule has 0 aromatic heterocycles. The second-order valence-corrected chi connectivity index (χ2v) is 8.23.